The van der Waals surface area contributed by atoms with Crippen molar-refractivity contribution in [3.63, 3.8) is 0 Å². The van der Waals surface area contributed by atoms with Gasteiger partial charge in [-0.25, -0.2) is 9.97 Å². The minimum atomic E-state index is -1.09. The number of pyridine rings is 1. The van der Waals surface area contributed by atoms with E-state index in [0.29, 0.717) is 10.6 Å². The second-order valence-corrected chi connectivity index (χ2v) is 5.82. The van der Waals surface area contributed by atoms with Crippen molar-refractivity contribution in [1.29, 1.82) is 0 Å². The first kappa shape index (κ1) is 16.0. The van der Waals surface area contributed by atoms with E-state index >= 15 is 0 Å². The first-order chi connectivity index (χ1) is 11.7. The molecule has 0 aliphatic rings. The van der Waals surface area contributed by atoms with Gasteiger partial charge in [0.25, 0.3) is 11.8 Å². The van der Waals surface area contributed by atoms with Crippen molar-refractivity contribution in [2.24, 2.45) is 0 Å². The fourth-order valence-electron chi connectivity index (χ4n) is 2.10. The molecule has 2 heterocycles. The van der Waals surface area contributed by atoms with Gasteiger partial charge in [0, 0.05) is 17.0 Å². The molecule has 0 fully saturated rings. The van der Waals surface area contributed by atoms with Gasteiger partial charge in [0.15, 0.2) is 5.13 Å². The molecule has 2 aromatic heterocycles. The van der Waals surface area contributed by atoms with Crippen LogP contribution in [0.25, 0.3) is 10.9 Å². The highest BCUT2D eigenvalue weighted by molar-refractivity contribution is 7.13. The largest absolute Gasteiger partial charge is 0.394 e. The van der Waals surface area contributed by atoms with Crippen LogP contribution in [0, 0.1) is 0 Å². The lowest BCUT2D eigenvalue weighted by Gasteiger charge is -2.15. The van der Waals surface area contributed by atoms with Crippen LogP contribution in [0.4, 0.5) is 5.13 Å². The van der Waals surface area contributed by atoms with Crippen LogP contribution in [-0.4, -0.2) is 39.5 Å². The van der Waals surface area contributed by atoms with Gasteiger partial charge in [0.05, 0.1) is 12.1 Å². The van der Waals surface area contributed by atoms with Crippen molar-refractivity contribution >= 4 is 39.2 Å². The normalized spacial score (nSPS) is 11.9. The van der Waals surface area contributed by atoms with E-state index in [9.17, 15) is 14.7 Å². The zero-order chi connectivity index (χ0) is 16.9. The van der Waals surface area contributed by atoms with Crippen molar-refractivity contribution in [3.05, 3.63) is 53.7 Å². The van der Waals surface area contributed by atoms with Gasteiger partial charge < -0.3 is 15.7 Å². The highest BCUT2D eigenvalue weighted by Gasteiger charge is 2.22. The number of hydrogen-bond acceptors (Lipinski definition) is 6. The summed E-state index contributed by atoms with van der Waals surface area (Å²) in [6, 6.07) is 9.66. The van der Waals surface area contributed by atoms with E-state index < -0.39 is 24.5 Å². The van der Waals surface area contributed by atoms with Gasteiger partial charge in [-0.15, -0.1) is 11.3 Å². The molecule has 7 nitrogen and oxygen atoms in total. The number of nitrogens with zero attached hydrogens (tertiary/aromatic N) is 2. The number of aromatic nitrogens is 2. The van der Waals surface area contributed by atoms with E-state index in [1.807, 2.05) is 18.2 Å². The summed E-state index contributed by atoms with van der Waals surface area (Å²) in [6.45, 7) is -0.531. The van der Waals surface area contributed by atoms with E-state index in [1.165, 1.54) is 11.3 Å². The number of nitrogens with one attached hydrogen (secondary N) is 2. The smallest absolute Gasteiger partial charge is 0.270 e. The predicted molar refractivity (Wildman–Crippen MR) is 90.8 cm³/mol. The van der Waals surface area contributed by atoms with Crippen LogP contribution in [0.5, 0.6) is 0 Å². The monoisotopic (exact) mass is 342 g/mol. The average molecular weight is 342 g/mol. The fourth-order valence-corrected chi connectivity index (χ4v) is 2.63. The highest BCUT2D eigenvalue weighted by atomic mass is 32.1. The molecule has 3 rings (SSSR count). The number of benzene rings is 1. The van der Waals surface area contributed by atoms with Crippen molar-refractivity contribution in [1.82, 2.24) is 15.3 Å². The van der Waals surface area contributed by atoms with Crippen LogP contribution in [0.1, 0.15) is 10.5 Å². The molecule has 3 N–H and O–H groups in total. The van der Waals surface area contributed by atoms with Gasteiger partial charge in [-0.2, -0.15) is 0 Å². The maximum Gasteiger partial charge on any atom is 0.270 e. The Morgan fingerprint density at radius 3 is 2.79 bits per heavy atom. The van der Waals surface area contributed by atoms with E-state index in [0.717, 1.165) is 5.39 Å². The minimum Gasteiger partial charge on any atom is -0.394 e. The Kier molecular flexibility index (Phi) is 4.78. The van der Waals surface area contributed by atoms with Gasteiger partial charge in [0.1, 0.15) is 11.7 Å². The van der Waals surface area contributed by atoms with Crippen LogP contribution in [0.2, 0.25) is 0 Å². The number of fused-ring (bicyclic) bond motifs is 1. The second-order valence-electron chi connectivity index (χ2n) is 4.92. The summed E-state index contributed by atoms with van der Waals surface area (Å²) in [4.78, 5) is 32.6. The number of carbonyl (C=O) groups excluding carboxylic acids is 2. The van der Waals surface area contributed by atoms with Crippen LogP contribution < -0.4 is 10.6 Å². The maximum absolute atomic E-state index is 12.3. The quantitative estimate of drug-likeness (QED) is 0.650. The predicted octanol–water partition coefficient (Wildman–Crippen LogP) is 1.42. The molecule has 3 aromatic rings. The SMILES string of the molecule is O=C(NC(CO)C(=O)Nc1nccs1)c1ccc2ccccc2n1. The van der Waals surface area contributed by atoms with Gasteiger partial charge in [-0.3, -0.25) is 9.59 Å². The molecular formula is C16H14N4O3S. The number of aliphatic hydroxyl groups excluding tert-OH is 1. The summed E-state index contributed by atoms with van der Waals surface area (Å²) in [5.41, 5.74) is 0.854. The summed E-state index contributed by atoms with van der Waals surface area (Å²) in [6.07, 6.45) is 1.55. The summed E-state index contributed by atoms with van der Waals surface area (Å²) >= 11 is 1.25. The molecule has 0 aliphatic heterocycles. The molecule has 0 saturated heterocycles. The van der Waals surface area contributed by atoms with Gasteiger partial charge >= 0.3 is 0 Å². The Morgan fingerprint density at radius 2 is 2.04 bits per heavy atom. The lowest BCUT2D eigenvalue weighted by Crippen LogP contribution is -2.46. The molecule has 122 valence electrons. The number of rotatable bonds is 5. The number of carbonyl (C=O) groups is 2. The number of hydrogen-bond donors (Lipinski definition) is 3. The van der Waals surface area contributed by atoms with E-state index in [-0.39, 0.29) is 5.69 Å². The molecule has 0 spiro atoms. The topological polar surface area (TPSA) is 104 Å². The molecule has 24 heavy (non-hydrogen) atoms. The number of anilines is 1. The van der Waals surface area contributed by atoms with E-state index in [4.69, 9.17) is 0 Å². The molecule has 0 bridgehead atoms. The molecule has 2 amide bonds. The Bertz CT molecular complexity index is 867. The first-order valence-electron chi connectivity index (χ1n) is 7.15. The molecule has 1 unspecified atom stereocenters. The van der Waals surface area contributed by atoms with E-state index in [1.54, 1.807) is 29.8 Å². The summed E-state index contributed by atoms with van der Waals surface area (Å²) < 4.78 is 0. The third kappa shape index (κ3) is 3.55. The molecule has 0 aliphatic carbocycles. The molecule has 1 aromatic carbocycles. The summed E-state index contributed by atoms with van der Waals surface area (Å²) in [7, 11) is 0. The first-order valence-corrected chi connectivity index (χ1v) is 8.03. The number of amides is 2. The summed E-state index contributed by atoms with van der Waals surface area (Å²) in [5, 5.41) is 17.4. The molecule has 0 radical (unpaired) electrons. The Hall–Kier alpha value is -2.84. The number of para-hydroxylation sites is 1. The third-order valence-electron chi connectivity index (χ3n) is 3.30. The number of thiazole rings is 1. The summed E-state index contributed by atoms with van der Waals surface area (Å²) in [5.74, 6) is -1.07. The lowest BCUT2D eigenvalue weighted by atomic mass is 10.2. The zero-order valence-electron chi connectivity index (χ0n) is 12.5. The van der Waals surface area contributed by atoms with Gasteiger partial charge in [-0.1, -0.05) is 24.3 Å². The van der Waals surface area contributed by atoms with Crippen molar-refractivity contribution in [2.45, 2.75) is 6.04 Å². The number of aliphatic hydroxyl groups is 1. The van der Waals surface area contributed by atoms with Gasteiger partial charge in [0.2, 0.25) is 0 Å². The third-order valence-corrected chi connectivity index (χ3v) is 3.99. The van der Waals surface area contributed by atoms with Crippen LogP contribution in [-0.2, 0) is 4.79 Å². The Morgan fingerprint density at radius 1 is 1.21 bits per heavy atom. The Labute approximate surface area is 141 Å². The standard InChI is InChI=1S/C16H14N4O3S/c21-9-13(15(23)20-16-17-7-8-24-16)19-14(22)12-6-5-10-3-1-2-4-11(10)18-12/h1-8,13,21H,9H2,(H,19,22)(H,17,20,23). The second kappa shape index (κ2) is 7.16. The van der Waals surface area contributed by atoms with Crippen LogP contribution >= 0.6 is 11.3 Å². The van der Waals surface area contributed by atoms with Crippen molar-refractivity contribution in [3.8, 4) is 0 Å². The highest BCUT2D eigenvalue weighted by Crippen LogP contribution is 2.12. The lowest BCUT2D eigenvalue weighted by molar-refractivity contribution is -0.118. The van der Waals surface area contributed by atoms with Crippen molar-refractivity contribution in [2.75, 3.05) is 11.9 Å². The fraction of sp³-hybridized carbons (Fsp3) is 0.125. The molecule has 1 atom stereocenters. The van der Waals surface area contributed by atoms with Crippen LogP contribution in [0.3, 0.4) is 0 Å². The molecule has 8 heteroatoms. The molecular weight excluding hydrogens is 328 g/mol. The minimum absolute atomic E-state index is 0.175. The maximum atomic E-state index is 12.3. The average Bonchev–Trinajstić information content (AvgIpc) is 3.11. The van der Waals surface area contributed by atoms with Gasteiger partial charge in [-0.05, 0) is 12.1 Å². The molecule has 0 saturated carbocycles. The van der Waals surface area contributed by atoms with E-state index in [2.05, 4.69) is 20.6 Å². The van der Waals surface area contributed by atoms with Crippen LogP contribution in [0.15, 0.2) is 48.0 Å². The Balaban J connectivity index is 1.72. The zero-order valence-corrected chi connectivity index (χ0v) is 13.3. The van der Waals surface area contributed by atoms with Crippen molar-refractivity contribution < 1.29 is 14.7 Å².